The summed E-state index contributed by atoms with van der Waals surface area (Å²) in [7, 11) is 0. The fourth-order valence-electron chi connectivity index (χ4n) is 1.92. The Morgan fingerprint density at radius 3 is 2.80 bits per heavy atom. The van der Waals surface area contributed by atoms with E-state index in [4.69, 9.17) is 0 Å². The highest BCUT2D eigenvalue weighted by molar-refractivity contribution is 5.86. The number of unbranched alkanes of at least 4 members (excludes halogenated alkanes) is 1. The lowest BCUT2D eigenvalue weighted by atomic mass is 10.0. The van der Waals surface area contributed by atoms with Crippen LogP contribution in [0.25, 0.3) is 10.8 Å². The molecule has 1 nitrogen and oxygen atoms in total. The van der Waals surface area contributed by atoms with Crippen LogP contribution < -0.4 is 0 Å². The van der Waals surface area contributed by atoms with Crippen molar-refractivity contribution in [2.75, 3.05) is 0 Å². The molecule has 0 fully saturated rings. The Balaban J connectivity index is 2.46. The minimum atomic E-state index is 0.343. The Kier molecular flexibility index (Phi) is 2.91. The van der Waals surface area contributed by atoms with Crippen molar-refractivity contribution >= 4 is 10.8 Å². The van der Waals surface area contributed by atoms with E-state index in [1.165, 1.54) is 23.8 Å². The molecule has 0 bridgehead atoms. The molecule has 1 N–H and O–H groups in total. The molecule has 1 heteroatoms. The number of benzene rings is 2. The third-order valence-electron chi connectivity index (χ3n) is 2.75. The highest BCUT2D eigenvalue weighted by Crippen LogP contribution is 2.24. The standard InChI is InChI=1S/C14H16O/c1-2-3-5-11-6-4-7-12-10-13(15)8-9-14(11)12/h4,6-10,15H,2-3,5H2,1H3. The van der Waals surface area contributed by atoms with Crippen molar-refractivity contribution in [2.45, 2.75) is 26.2 Å². The fourth-order valence-corrected chi connectivity index (χ4v) is 1.92. The minimum Gasteiger partial charge on any atom is -0.508 e. The number of aryl methyl sites for hydroxylation is 1. The first-order valence-electron chi connectivity index (χ1n) is 5.52. The largest absolute Gasteiger partial charge is 0.508 e. The zero-order chi connectivity index (χ0) is 10.7. The zero-order valence-electron chi connectivity index (χ0n) is 9.03. The molecule has 2 rings (SSSR count). The van der Waals surface area contributed by atoms with Gasteiger partial charge in [0.2, 0.25) is 0 Å². The number of hydrogen-bond donors (Lipinski definition) is 1. The van der Waals surface area contributed by atoms with Gasteiger partial charge in [-0.25, -0.2) is 0 Å². The summed E-state index contributed by atoms with van der Waals surface area (Å²) in [5.74, 6) is 0.343. The van der Waals surface area contributed by atoms with E-state index in [2.05, 4.69) is 19.1 Å². The molecule has 0 aromatic heterocycles. The van der Waals surface area contributed by atoms with E-state index in [0.717, 1.165) is 11.8 Å². The van der Waals surface area contributed by atoms with Gasteiger partial charge in [-0.15, -0.1) is 0 Å². The number of phenols is 1. The summed E-state index contributed by atoms with van der Waals surface area (Å²) in [4.78, 5) is 0. The molecule has 0 amide bonds. The normalized spacial score (nSPS) is 10.7. The van der Waals surface area contributed by atoms with Gasteiger partial charge in [0.15, 0.2) is 0 Å². The summed E-state index contributed by atoms with van der Waals surface area (Å²) < 4.78 is 0. The van der Waals surface area contributed by atoms with E-state index < -0.39 is 0 Å². The first-order chi connectivity index (χ1) is 7.31. The van der Waals surface area contributed by atoms with Crippen LogP contribution in [0.1, 0.15) is 25.3 Å². The number of aromatic hydroxyl groups is 1. The number of phenolic OH excluding ortho intramolecular Hbond substituents is 1. The van der Waals surface area contributed by atoms with Crippen molar-refractivity contribution < 1.29 is 5.11 Å². The van der Waals surface area contributed by atoms with E-state index in [-0.39, 0.29) is 0 Å². The third kappa shape index (κ3) is 2.12. The Hall–Kier alpha value is -1.50. The van der Waals surface area contributed by atoms with Gasteiger partial charge >= 0.3 is 0 Å². The SMILES string of the molecule is CCCCc1cccc2cc(O)ccc12. The quantitative estimate of drug-likeness (QED) is 0.797. The maximum absolute atomic E-state index is 9.40. The van der Waals surface area contributed by atoms with Gasteiger partial charge in [0.1, 0.15) is 5.75 Å². The molecule has 15 heavy (non-hydrogen) atoms. The average Bonchev–Trinajstić information content (AvgIpc) is 2.25. The number of hydrogen-bond acceptors (Lipinski definition) is 1. The van der Waals surface area contributed by atoms with Gasteiger partial charge in [0.05, 0.1) is 0 Å². The molecule has 0 saturated carbocycles. The van der Waals surface area contributed by atoms with Crippen molar-refractivity contribution in [3.05, 3.63) is 42.0 Å². The van der Waals surface area contributed by atoms with Gasteiger partial charge in [-0.3, -0.25) is 0 Å². The first-order valence-corrected chi connectivity index (χ1v) is 5.52. The topological polar surface area (TPSA) is 20.2 Å². The average molecular weight is 200 g/mol. The zero-order valence-corrected chi connectivity index (χ0v) is 9.03. The molecule has 0 radical (unpaired) electrons. The van der Waals surface area contributed by atoms with Crippen LogP contribution in [-0.2, 0) is 6.42 Å². The monoisotopic (exact) mass is 200 g/mol. The van der Waals surface area contributed by atoms with Crippen LogP contribution in [0.2, 0.25) is 0 Å². The van der Waals surface area contributed by atoms with Crippen LogP contribution >= 0.6 is 0 Å². The van der Waals surface area contributed by atoms with Crippen LogP contribution in [0.5, 0.6) is 5.75 Å². The van der Waals surface area contributed by atoms with E-state index in [1.807, 2.05) is 18.2 Å². The molecule has 0 aliphatic heterocycles. The molecule has 0 aliphatic rings. The summed E-state index contributed by atoms with van der Waals surface area (Å²) in [6.45, 7) is 2.21. The smallest absolute Gasteiger partial charge is 0.116 e. The molecule has 0 heterocycles. The molecule has 0 aliphatic carbocycles. The van der Waals surface area contributed by atoms with Crippen molar-refractivity contribution in [3.63, 3.8) is 0 Å². The summed E-state index contributed by atoms with van der Waals surface area (Å²) in [5, 5.41) is 11.8. The van der Waals surface area contributed by atoms with E-state index in [9.17, 15) is 5.11 Å². The molecule has 78 valence electrons. The maximum atomic E-state index is 9.40. The van der Waals surface area contributed by atoms with Crippen molar-refractivity contribution in [3.8, 4) is 5.75 Å². The van der Waals surface area contributed by atoms with Crippen LogP contribution in [0.3, 0.4) is 0 Å². The van der Waals surface area contributed by atoms with Gasteiger partial charge in [-0.2, -0.15) is 0 Å². The Morgan fingerprint density at radius 2 is 2.00 bits per heavy atom. The second-order valence-corrected chi connectivity index (χ2v) is 3.93. The summed E-state index contributed by atoms with van der Waals surface area (Å²) >= 11 is 0. The fraction of sp³-hybridized carbons (Fsp3) is 0.286. The number of fused-ring (bicyclic) bond motifs is 1. The van der Waals surface area contributed by atoms with E-state index in [0.29, 0.717) is 5.75 Å². The lowest BCUT2D eigenvalue weighted by Gasteiger charge is -2.06. The van der Waals surface area contributed by atoms with Gasteiger partial charge < -0.3 is 5.11 Å². The molecule has 0 saturated heterocycles. The maximum Gasteiger partial charge on any atom is 0.116 e. The molecule has 0 atom stereocenters. The highest BCUT2D eigenvalue weighted by atomic mass is 16.3. The van der Waals surface area contributed by atoms with Crippen molar-refractivity contribution in [2.24, 2.45) is 0 Å². The molecule has 0 spiro atoms. The van der Waals surface area contributed by atoms with Crippen molar-refractivity contribution in [1.29, 1.82) is 0 Å². The summed E-state index contributed by atoms with van der Waals surface area (Å²) in [5.41, 5.74) is 1.38. The Bertz CT molecular complexity index is 460. The second-order valence-electron chi connectivity index (χ2n) is 3.93. The van der Waals surface area contributed by atoms with Crippen LogP contribution in [0.15, 0.2) is 36.4 Å². The van der Waals surface area contributed by atoms with Gasteiger partial charge in [0.25, 0.3) is 0 Å². The van der Waals surface area contributed by atoms with Gasteiger partial charge in [0, 0.05) is 0 Å². The van der Waals surface area contributed by atoms with Crippen molar-refractivity contribution in [1.82, 2.24) is 0 Å². The molecule has 2 aromatic rings. The molecular weight excluding hydrogens is 184 g/mol. The lowest BCUT2D eigenvalue weighted by Crippen LogP contribution is -1.86. The predicted molar refractivity (Wildman–Crippen MR) is 64.2 cm³/mol. The van der Waals surface area contributed by atoms with E-state index >= 15 is 0 Å². The Morgan fingerprint density at radius 1 is 1.13 bits per heavy atom. The van der Waals surface area contributed by atoms with Crippen LogP contribution in [-0.4, -0.2) is 5.11 Å². The van der Waals surface area contributed by atoms with Gasteiger partial charge in [-0.1, -0.05) is 37.6 Å². The van der Waals surface area contributed by atoms with Crippen LogP contribution in [0, 0.1) is 0 Å². The highest BCUT2D eigenvalue weighted by Gasteiger charge is 2.00. The van der Waals surface area contributed by atoms with Gasteiger partial charge in [-0.05, 0) is 41.3 Å². The Labute approximate surface area is 90.4 Å². The second kappa shape index (κ2) is 4.35. The molecule has 0 unspecified atom stereocenters. The third-order valence-corrected chi connectivity index (χ3v) is 2.75. The lowest BCUT2D eigenvalue weighted by molar-refractivity contribution is 0.476. The van der Waals surface area contributed by atoms with Crippen LogP contribution in [0.4, 0.5) is 0 Å². The summed E-state index contributed by atoms with van der Waals surface area (Å²) in [6.07, 6.45) is 3.56. The molecular formula is C14H16O. The minimum absolute atomic E-state index is 0.343. The molecule has 2 aromatic carbocycles. The van der Waals surface area contributed by atoms with E-state index in [1.54, 1.807) is 6.07 Å². The first kappa shape index (κ1) is 10.0. The summed E-state index contributed by atoms with van der Waals surface area (Å²) in [6, 6.07) is 11.9. The number of rotatable bonds is 3. The predicted octanol–water partition coefficient (Wildman–Crippen LogP) is 3.89.